The molecule has 1 amide bonds. The molecule has 1 fully saturated rings. The zero-order chi connectivity index (χ0) is 17.8. The number of rotatable bonds is 6. The van der Waals surface area contributed by atoms with Crippen LogP contribution in [-0.4, -0.2) is 53.2 Å². The van der Waals surface area contributed by atoms with Crippen molar-refractivity contribution < 1.29 is 14.3 Å². The maximum Gasteiger partial charge on any atom is 0.231 e. The van der Waals surface area contributed by atoms with E-state index < -0.39 is 0 Å². The Labute approximate surface area is 153 Å². The average molecular weight is 355 g/mol. The molecule has 1 aromatic carbocycles. The molecule has 6 nitrogen and oxygen atoms in total. The molecule has 0 unspecified atom stereocenters. The second kappa shape index (κ2) is 7.83. The van der Waals surface area contributed by atoms with Crippen LogP contribution in [0.4, 0.5) is 0 Å². The quantitative estimate of drug-likeness (QED) is 0.798. The second-order valence-electron chi connectivity index (χ2n) is 6.87. The highest BCUT2D eigenvalue weighted by molar-refractivity contribution is 5.76. The summed E-state index contributed by atoms with van der Waals surface area (Å²) in [6.07, 6.45) is 5.60. The molecule has 0 saturated carbocycles. The summed E-state index contributed by atoms with van der Waals surface area (Å²) < 4.78 is 12.9. The summed E-state index contributed by atoms with van der Waals surface area (Å²) in [5.74, 6) is 1.93. The van der Waals surface area contributed by atoms with Crippen molar-refractivity contribution in [3.05, 3.63) is 48.3 Å². The highest BCUT2D eigenvalue weighted by atomic mass is 16.7. The molecule has 0 atom stereocenters. The second-order valence-corrected chi connectivity index (χ2v) is 6.87. The zero-order valence-corrected chi connectivity index (χ0v) is 15.0. The summed E-state index contributed by atoms with van der Waals surface area (Å²) in [5.41, 5.74) is 1.22. The molecule has 0 spiro atoms. The van der Waals surface area contributed by atoms with E-state index in [4.69, 9.17) is 9.47 Å². The van der Waals surface area contributed by atoms with Gasteiger partial charge >= 0.3 is 0 Å². The van der Waals surface area contributed by atoms with Gasteiger partial charge in [-0.3, -0.25) is 9.69 Å². The lowest BCUT2D eigenvalue weighted by Gasteiger charge is -2.34. The first-order valence-corrected chi connectivity index (χ1v) is 9.27. The fourth-order valence-corrected chi connectivity index (χ4v) is 3.54. The Balaban J connectivity index is 1.20. The van der Waals surface area contributed by atoms with E-state index in [-0.39, 0.29) is 5.91 Å². The topological polar surface area (TPSA) is 46.9 Å². The number of aromatic nitrogens is 1. The van der Waals surface area contributed by atoms with Crippen molar-refractivity contribution in [1.29, 1.82) is 0 Å². The lowest BCUT2D eigenvalue weighted by atomic mass is 10.1. The van der Waals surface area contributed by atoms with Gasteiger partial charge in [0.2, 0.25) is 12.7 Å². The summed E-state index contributed by atoms with van der Waals surface area (Å²) in [6, 6.07) is 10.2. The van der Waals surface area contributed by atoms with Gasteiger partial charge in [0, 0.05) is 58.1 Å². The molecule has 0 aliphatic carbocycles. The Morgan fingerprint density at radius 3 is 2.58 bits per heavy atom. The first kappa shape index (κ1) is 17.0. The molecular weight excluding hydrogens is 330 g/mol. The lowest BCUT2D eigenvalue weighted by molar-refractivity contribution is -0.133. The van der Waals surface area contributed by atoms with E-state index in [9.17, 15) is 4.79 Å². The number of aryl methyl sites for hydroxylation is 1. The van der Waals surface area contributed by atoms with E-state index in [0.717, 1.165) is 57.2 Å². The van der Waals surface area contributed by atoms with Gasteiger partial charge in [0.15, 0.2) is 11.5 Å². The van der Waals surface area contributed by atoms with Crippen molar-refractivity contribution in [1.82, 2.24) is 14.4 Å². The van der Waals surface area contributed by atoms with Gasteiger partial charge in [0.25, 0.3) is 0 Å². The monoisotopic (exact) mass is 355 g/mol. The van der Waals surface area contributed by atoms with Crippen molar-refractivity contribution in [3.63, 3.8) is 0 Å². The van der Waals surface area contributed by atoms with Crippen LogP contribution in [-0.2, 0) is 17.9 Å². The van der Waals surface area contributed by atoms with Crippen molar-refractivity contribution >= 4 is 5.91 Å². The Kier molecular flexibility index (Phi) is 5.11. The number of benzene rings is 1. The van der Waals surface area contributed by atoms with Crippen LogP contribution >= 0.6 is 0 Å². The van der Waals surface area contributed by atoms with Crippen LogP contribution in [0.15, 0.2) is 42.7 Å². The predicted octanol–water partition coefficient (Wildman–Crippen LogP) is 2.34. The van der Waals surface area contributed by atoms with Crippen LogP contribution in [0.5, 0.6) is 11.5 Å². The minimum atomic E-state index is 0.278. The number of hydrogen-bond acceptors (Lipinski definition) is 4. The predicted molar refractivity (Wildman–Crippen MR) is 98.1 cm³/mol. The molecule has 2 aromatic rings. The standard InChI is InChI=1S/C20H25N3O3/c24-20(4-3-9-21-7-1-2-8-21)23-12-10-22(11-13-23)15-17-5-6-18-19(14-17)26-16-25-18/h1-2,5-8,14H,3-4,9-13,15-16H2. The van der Waals surface area contributed by atoms with Crippen molar-refractivity contribution in [3.8, 4) is 11.5 Å². The molecule has 0 bridgehead atoms. The molecule has 4 rings (SSSR count). The fourth-order valence-electron chi connectivity index (χ4n) is 3.54. The average Bonchev–Trinajstić information content (AvgIpc) is 3.33. The summed E-state index contributed by atoms with van der Waals surface area (Å²) in [6.45, 7) is 5.55. The molecule has 1 aromatic heterocycles. The summed E-state index contributed by atoms with van der Waals surface area (Å²) in [7, 11) is 0. The van der Waals surface area contributed by atoms with Gasteiger partial charge in [0.1, 0.15) is 0 Å². The highest BCUT2D eigenvalue weighted by Crippen LogP contribution is 2.32. The fraction of sp³-hybridized carbons (Fsp3) is 0.450. The summed E-state index contributed by atoms with van der Waals surface area (Å²) in [4.78, 5) is 16.8. The van der Waals surface area contributed by atoms with Crippen LogP contribution in [0.25, 0.3) is 0 Å². The Morgan fingerprint density at radius 1 is 1.00 bits per heavy atom. The summed E-state index contributed by atoms with van der Waals surface area (Å²) >= 11 is 0. The SMILES string of the molecule is O=C(CCCn1cccc1)N1CCN(Cc2ccc3c(c2)OCO3)CC1. The molecular formula is C20H25N3O3. The maximum atomic E-state index is 12.4. The zero-order valence-electron chi connectivity index (χ0n) is 15.0. The van der Waals surface area contributed by atoms with Crippen molar-refractivity contribution in [2.75, 3.05) is 33.0 Å². The van der Waals surface area contributed by atoms with E-state index in [2.05, 4.69) is 21.6 Å². The van der Waals surface area contributed by atoms with E-state index >= 15 is 0 Å². The molecule has 2 aliphatic rings. The minimum Gasteiger partial charge on any atom is -0.454 e. The number of hydrogen-bond donors (Lipinski definition) is 0. The minimum absolute atomic E-state index is 0.278. The Hall–Kier alpha value is -2.47. The Morgan fingerprint density at radius 2 is 1.77 bits per heavy atom. The maximum absolute atomic E-state index is 12.4. The van der Waals surface area contributed by atoms with Crippen LogP contribution in [0.3, 0.4) is 0 Å². The molecule has 0 N–H and O–H groups in total. The number of carbonyl (C=O) groups is 1. The molecule has 26 heavy (non-hydrogen) atoms. The number of ether oxygens (including phenoxy) is 2. The highest BCUT2D eigenvalue weighted by Gasteiger charge is 2.21. The molecule has 1 saturated heterocycles. The van der Waals surface area contributed by atoms with Gasteiger partial charge in [0.05, 0.1) is 0 Å². The number of piperazine rings is 1. The normalized spacial score (nSPS) is 16.8. The smallest absolute Gasteiger partial charge is 0.231 e. The van der Waals surface area contributed by atoms with Gasteiger partial charge in [-0.2, -0.15) is 0 Å². The number of fused-ring (bicyclic) bond motifs is 1. The first-order valence-electron chi connectivity index (χ1n) is 9.27. The molecule has 6 heteroatoms. The van der Waals surface area contributed by atoms with E-state index in [1.807, 2.05) is 35.5 Å². The molecule has 0 radical (unpaired) electrons. The lowest BCUT2D eigenvalue weighted by Crippen LogP contribution is -2.48. The van der Waals surface area contributed by atoms with Gasteiger partial charge in [-0.1, -0.05) is 6.07 Å². The van der Waals surface area contributed by atoms with Crippen LogP contribution < -0.4 is 9.47 Å². The third kappa shape index (κ3) is 4.02. The van der Waals surface area contributed by atoms with Crippen LogP contribution in [0.2, 0.25) is 0 Å². The third-order valence-corrected chi connectivity index (χ3v) is 5.04. The van der Waals surface area contributed by atoms with Gasteiger partial charge < -0.3 is 18.9 Å². The first-order chi connectivity index (χ1) is 12.8. The van der Waals surface area contributed by atoms with Crippen LogP contribution in [0.1, 0.15) is 18.4 Å². The van der Waals surface area contributed by atoms with Crippen LogP contribution in [0, 0.1) is 0 Å². The van der Waals surface area contributed by atoms with E-state index in [0.29, 0.717) is 13.2 Å². The third-order valence-electron chi connectivity index (χ3n) is 5.04. The molecule has 2 aliphatic heterocycles. The van der Waals surface area contributed by atoms with E-state index in [1.165, 1.54) is 5.56 Å². The molecule has 138 valence electrons. The van der Waals surface area contributed by atoms with Gasteiger partial charge in [-0.05, 0) is 36.2 Å². The van der Waals surface area contributed by atoms with Crippen molar-refractivity contribution in [2.24, 2.45) is 0 Å². The van der Waals surface area contributed by atoms with Gasteiger partial charge in [-0.15, -0.1) is 0 Å². The summed E-state index contributed by atoms with van der Waals surface area (Å²) in [5, 5.41) is 0. The molecule has 3 heterocycles. The number of amides is 1. The number of nitrogens with zero attached hydrogens (tertiary/aromatic N) is 3. The largest absolute Gasteiger partial charge is 0.454 e. The van der Waals surface area contributed by atoms with Crippen molar-refractivity contribution in [2.45, 2.75) is 25.9 Å². The Bertz CT molecular complexity index is 737. The van der Waals surface area contributed by atoms with E-state index in [1.54, 1.807) is 0 Å². The number of carbonyl (C=O) groups excluding carboxylic acids is 1. The van der Waals surface area contributed by atoms with Gasteiger partial charge in [-0.25, -0.2) is 0 Å².